The number of hydrogen-bond acceptors (Lipinski definition) is 4. The molecule has 4 aliphatic rings. The van der Waals surface area contributed by atoms with Crippen LogP contribution in [0.25, 0.3) is 0 Å². The number of carbonyl (C=O) groups excluding carboxylic acids is 2. The number of allylic oxidation sites excluding steroid dienone is 1. The predicted octanol–water partition coefficient (Wildman–Crippen LogP) is 12.4. The van der Waals surface area contributed by atoms with E-state index in [1.807, 2.05) is 0 Å². The standard InChI is InChI=1S/C45H79NO3/c1-6-9-12-15-20-36(21-16-13-10-7-2)22-19-34-46(32-11-8-3)33-18-14-17-23-43(48)49-38-28-30-44(4)37(35-38)24-25-39-40-26-27-42(47)45(40,5)31-29-41(39)44/h24,36,38-41H,6-23,25-35H2,1-5H3. The van der Waals surface area contributed by atoms with Crippen molar-refractivity contribution in [1.29, 1.82) is 0 Å². The highest BCUT2D eigenvalue weighted by molar-refractivity contribution is 5.87. The van der Waals surface area contributed by atoms with Crippen LogP contribution in [0, 0.1) is 34.5 Å². The summed E-state index contributed by atoms with van der Waals surface area (Å²) in [6, 6.07) is 0. The molecule has 6 atom stereocenters. The Bertz CT molecular complexity index is 1010. The summed E-state index contributed by atoms with van der Waals surface area (Å²) >= 11 is 0. The molecule has 0 N–H and O–H groups in total. The van der Waals surface area contributed by atoms with Gasteiger partial charge in [0.1, 0.15) is 11.9 Å². The molecule has 4 heteroatoms. The maximum atomic E-state index is 13.0. The lowest BCUT2D eigenvalue weighted by atomic mass is 9.48. The van der Waals surface area contributed by atoms with Gasteiger partial charge in [0.25, 0.3) is 0 Å². The zero-order valence-electron chi connectivity index (χ0n) is 33.1. The van der Waals surface area contributed by atoms with Crippen molar-refractivity contribution >= 4 is 11.8 Å². The molecule has 3 fully saturated rings. The molecular formula is C45H79NO3. The van der Waals surface area contributed by atoms with Gasteiger partial charge in [-0.2, -0.15) is 0 Å². The van der Waals surface area contributed by atoms with E-state index in [1.54, 1.807) is 5.57 Å². The molecule has 0 saturated heterocycles. The van der Waals surface area contributed by atoms with Crippen LogP contribution in [0.1, 0.15) is 202 Å². The first-order chi connectivity index (χ1) is 23.7. The molecule has 0 aromatic carbocycles. The van der Waals surface area contributed by atoms with Crippen LogP contribution in [-0.2, 0) is 14.3 Å². The molecule has 0 radical (unpaired) electrons. The molecule has 0 aliphatic heterocycles. The number of ketones is 1. The number of rotatable bonds is 24. The van der Waals surface area contributed by atoms with Gasteiger partial charge in [-0.25, -0.2) is 0 Å². The molecule has 0 heterocycles. The minimum absolute atomic E-state index is 0.0209. The summed E-state index contributed by atoms with van der Waals surface area (Å²) in [6.07, 6.45) is 34.1. The van der Waals surface area contributed by atoms with Crippen LogP contribution in [0.2, 0.25) is 0 Å². The summed E-state index contributed by atoms with van der Waals surface area (Å²) < 4.78 is 6.13. The van der Waals surface area contributed by atoms with Gasteiger partial charge < -0.3 is 9.64 Å². The monoisotopic (exact) mass is 682 g/mol. The quantitative estimate of drug-likeness (QED) is 0.0578. The molecule has 49 heavy (non-hydrogen) atoms. The summed E-state index contributed by atoms with van der Waals surface area (Å²) in [5.41, 5.74) is 1.72. The number of Topliss-reactive ketones (excluding diaryl/α,β-unsaturated/α-hetero) is 1. The van der Waals surface area contributed by atoms with E-state index in [9.17, 15) is 9.59 Å². The van der Waals surface area contributed by atoms with E-state index >= 15 is 0 Å². The highest BCUT2D eigenvalue weighted by Gasteiger charge is 2.58. The predicted molar refractivity (Wildman–Crippen MR) is 207 cm³/mol. The highest BCUT2D eigenvalue weighted by atomic mass is 16.5. The first-order valence-corrected chi connectivity index (χ1v) is 21.9. The van der Waals surface area contributed by atoms with Crippen molar-refractivity contribution in [1.82, 2.24) is 4.90 Å². The summed E-state index contributed by atoms with van der Waals surface area (Å²) in [4.78, 5) is 28.4. The third kappa shape index (κ3) is 11.4. The largest absolute Gasteiger partial charge is 0.462 e. The van der Waals surface area contributed by atoms with Crippen LogP contribution in [0.4, 0.5) is 0 Å². The van der Waals surface area contributed by atoms with Crippen molar-refractivity contribution < 1.29 is 14.3 Å². The number of esters is 1. The Labute approximate surface area is 303 Å². The SMILES string of the molecule is CCCCCCC(CCCCCC)CCCN(CCCC)CCCCCC(=O)OC1CCC2(C)C(=CCC3C4CCC(=O)C4(C)CCC32)C1. The van der Waals surface area contributed by atoms with Crippen LogP contribution in [0.3, 0.4) is 0 Å². The summed E-state index contributed by atoms with van der Waals surface area (Å²) in [7, 11) is 0. The molecule has 6 unspecified atom stereocenters. The third-order valence-electron chi connectivity index (χ3n) is 14.3. The zero-order valence-corrected chi connectivity index (χ0v) is 33.1. The Kier molecular flexibility index (Phi) is 17.2. The number of nitrogens with zero attached hydrogens (tertiary/aromatic N) is 1. The first-order valence-electron chi connectivity index (χ1n) is 21.9. The zero-order chi connectivity index (χ0) is 35.1. The summed E-state index contributed by atoms with van der Waals surface area (Å²) in [6.45, 7) is 15.4. The van der Waals surface area contributed by atoms with E-state index < -0.39 is 0 Å². The van der Waals surface area contributed by atoms with Gasteiger partial charge in [0.2, 0.25) is 0 Å². The van der Waals surface area contributed by atoms with Gasteiger partial charge in [0, 0.05) is 24.7 Å². The lowest BCUT2D eigenvalue weighted by Gasteiger charge is -2.56. The lowest BCUT2D eigenvalue weighted by Crippen LogP contribution is -2.50. The van der Waals surface area contributed by atoms with Gasteiger partial charge in [-0.15, -0.1) is 0 Å². The van der Waals surface area contributed by atoms with E-state index in [0.29, 0.717) is 30.0 Å². The second-order valence-electron chi connectivity index (χ2n) is 17.7. The molecule has 4 rings (SSSR count). The Morgan fingerprint density at radius 2 is 1.37 bits per heavy atom. The van der Waals surface area contributed by atoms with E-state index in [1.165, 1.54) is 122 Å². The van der Waals surface area contributed by atoms with E-state index in [4.69, 9.17) is 4.74 Å². The normalized spacial score (nSPS) is 29.5. The molecule has 0 spiro atoms. The Hall–Kier alpha value is -1.16. The van der Waals surface area contributed by atoms with Crippen LogP contribution in [0.15, 0.2) is 11.6 Å². The van der Waals surface area contributed by atoms with Crippen LogP contribution < -0.4 is 0 Å². The van der Waals surface area contributed by atoms with Crippen molar-refractivity contribution in [2.75, 3.05) is 19.6 Å². The van der Waals surface area contributed by atoms with E-state index in [0.717, 1.165) is 63.7 Å². The van der Waals surface area contributed by atoms with E-state index in [2.05, 4.69) is 45.6 Å². The second kappa shape index (κ2) is 20.8. The molecule has 282 valence electrons. The average molecular weight is 682 g/mol. The number of hydrogen-bond donors (Lipinski definition) is 0. The van der Waals surface area contributed by atoms with Gasteiger partial charge >= 0.3 is 5.97 Å². The van der Waals surface area contributed by atoms with Crippen molar-refractivity contribution in [3.63, 3.8) is 0 Å². The fourth-order valence-corrected chi connectivity index (χ4v) is 11.0. The molecule has 0 amide bonds. The Morgan fingerprint density at radius 3 is 2.08 bits per heavy atom. The smallest absolute Gasteiger partial charge is 0.306 e. The highest BCUT2D eigenvalue weighted by Crippen LogP contribution is 2.64. The second-order valence-corrected chi connectivity index (χ2v) is 17.7. The topological polar surface area (TPSA) is 46.6 Å². The first kappa shape index (κ1) is 40.6. The lowest BCUT2D eigenvalue weighted by molar-refractivity contribution is -0.151. The Morgan fingerprint density at radius 1 is 0.755 bits per heavy atom. The molecule has 0 bridgehead atoms. The van der Waals surface area contributed by atoms with Gasteiger partial charge in [-0.1, -0.05) is 123 Å². The van der Waals surface area contributed by atoms with Crippen LogP contribution in [-0.4, -0.2) is 42.4 Å². The Balaban J connectivity index is 1.13. The van der Waals surface area contributed by atoms with Crippen LogP contribution >= 0.6 is 0 Å². The maximum Gasteiger partial charge on any atom is 0.306 e. The van der Waals surface area contributed by atoms with Crippen molar-refractivity contribution in [2.24, 2.45) is 34.5 Å². The molecule has 4 nitrogen and oxygen atoms in total. The number of unbranched alkanes of at least 4 members (excludes halogenated alkanes) is 9. The third-order valence-corrected chi connectivity index (χ3v) is 14.3. The minimum atomic E-state index is -0.0620. The van der Waals surface area contributed by atoms with Crippen molar-refractivity contribution in [3.8, 4) is 0 Å². The number of carbonyl (C=O) groups is 2. The summed E-state index contributed by atoms with van der Waals surface area (Å²) in [5, 5.41) is 0. The molecule has 3 saturated carbocycles. The molecule has 4 aliphatic carbocycles. The van der Waals surface area contributed by atoms with Gasteiger partial charge in [0.15, 0.2) is 0 Å². The van der Waals surface area contributed by atoms with Gasteiger partial charge in [-0.3, -0.25) is 9.59 Å². The fraction of sp³-hybridized carbons (Fsp3) is 0.911. The number of fused-ring (bicyclic) bond motifs is 5. The number of ether oxygens (including phenoxy) is 1. The molecule has 0 aromatic heterocycles. The fourth-order valence-electron chi connectivity index (χ4n) is 11.0. The molecule has 0 aromatic rings. The van der Waals surface area contributed by atoms with Crippen molar-refractivity contribution in [2.45, 2.75) is 208 Å². The summed E-state index contributed by atoms with van der Waals surface area (Å²) in [5.74, 6) is 3.41. The van der Waals surface area contributed by atoms with Gasteiger partial charge in [-0.05, 0) is 119 Å². The average Bonchev–Trinajstić information content (AvgIpc) is 3.40. The van der Waals surface area contributed by atoms with Crippen LogP contribution in [0.5, 0.6) is 0 Å². The minimum Gasteiger partial charge on any atom is -0.462 e. The van der Waals surface area contributed by atoms with Gasteiger partial charge in [0.05, 0.1) is 0 Å². The van der Waals surface area contributed by atoms with E-state index in [-0.39, 0.29) is 22.9 Å². The van der Waals surface area contributed by atoms with Crippen molar-refractivity contribution in [3.05, 3.63) is 11.6 Å². The maximum absolute atomic E-state index is 13.0. The molecular weight excluding hydrogens is 602 g/mol.